The topological polar surface area (TPSA) is 78.9 Å². The predicted molar refractivity (Wildman–Crippen MR) is 122 cm³/mol. The highest BCUT2D eigenvalue weighted by Gasteiger charge is 2.44. The number of aliphatic carboxylic acids is 1. The van der Waals surface area contributed by atoms with Gasteiger partial charge >= 0.3 is 5.97 Å². The van der Waals surface area contributed by atoms with Crippen molar-refractivity contribution in [3.8, 4) is 11.5 Å². The Balaban J connectivity index is 1.77. The number of carboxylic acid groups (broad SMARTS) is 1. The molecule has 6 heteroatoms. The van der Waals surface area contributed by atoms with Gasteiger partial charge in [0.25, 0.3) is 5.91 Å². The van der Waals surface area contributed by atoms with E-state index in [9.17, 15) is 14.7 Å². The second kappa shape index (κ2) is 9.66. The molecule has 0 fully saturated rings. The number of hydrogen-bond acceptors (Lipinski definition) is 4. The van der Waals surface area contributed by atoms with Crippen LogP contribution in [0.3, 0.4) is 0 Å². The molecule has 0 aliphatic carbocycles. The van der Waals surface area contributed by atoms with Crippen molar-refractivity contribution in [2.75, 3.05) is 20.1 Å². The van der Waals surface area contributed by atoms with Gasteiger partial charge in [-0.3, -0.25) is 9.59 Å². The van der Waals surface area contributed by atoms with E-state index < -0.39 is 17.9 Å². The van der Waals surface area contributed by atoms with E-state index in [4.69, 9.17) is 4.74 Å². The summed E-state index contributed by atoms with van der Waals surface area (Å²) in [5.41, 5.74) is 1.74. The smallest absolute Gasteiger partial charge is 0.313 e. The van der Waals surface area contributed by atoms with E-state index >= 15 is 0 Å². The van der Waals surface area contributed by atoms with E-state index in [1.54, 1.807) is 29.2 Å². The van der Waals surface area contributed by atoms with Crippen molar-refractivity contribution in [3.05, 3.63) is 95.6 Å². The van der Waals surface area contributed by atoms with E-state index in [0.717, 1.165) is 12.1 Å². The molecule has 1 heterocycles. The fourth-order valence-corrected chi connectivity index (χ4v) is 4.29. The van der Waals surface area contributed by atoms with Crippen LogP contribution in [-0.4, -0.2) is 42.0 Å². The number of fused-ring (bicyclic) bond motifs is 1. The molecule has 0 radical (unpaired) electrons. The van der Waals surface area contributed by atoms with Crippen LogP contribution >= 0.6 is 0 Å². The highest BCUT2D eigenvalue weighted by atomic mass is 16.5. The van der Waals surface area contributed by atoms with Crippen LogP contribution in [0.4, 0.5) is 0 Å². The minimum Gasteiger partial charge on any atom is -0.481 e. The molecular weight excluding hydrogens is 404 g/mol. The van der Waals surface area contributed by atoms with Crippen molar-refractivity contribution in [2.45, 2.75) is 18.4 Å². The minimum atomic E-state index is -0.956. The Morgan fingerprint density at radius 3 is 2.47 bits per heavy atom. The maximum Gasteiger partial charge on any atom is 0.313 e. The van der Waals surface area contributed by atoms with E-state index in [-0.39, 0.29) is 5.91 Å². The van der Waals surface area contributed by atoms with Gasteiger partial charge in [0.2, 0.25) is 0 Å². The van der Waals surface area contributed by atoms with Crippen LogP contribution in [-0.2, 0) is 4.79 Å². The maximum atomic E-state index is 13.4. The molecule has 3 aromatic carbocycles. The molecule has 1 amide bonds. The summed E-state index contributed by atoms with van der Waals surface area (Å²) in [6.45, 7) is 1.18. The van der Waals surface area contributed by atoms with Crippen molar-refractivity contribution >= 4 is 11.9 Å². The van der Waals surface area contributed by atoms with Gasteiger partial charge in [-0.2, -0.15) is 0 Å². The molecule has 0 aromatic heterocycles. The second-order valence-electron chi connectivity index (χ2n) is 7.79. The highest BCUT2D eigenvalue weighted by Crippen LogP contribution is 2.43. The summed E-state index contributed by atoms with van der Waals surface area (Å²) < 4.78 is 5.97. The third-order valence-corrected chi connectivity index (χ3v) is 5.71. The molecule has 1 aliphatic rings. The average molecular weight is 431 g/mol. The van der Waals surface area contributed by atoms with Crippen molar-refractivity contribution in [2.24, 2.45) is 0 Å². The minimum absolute atomic E-state index is 0.145. The lowest BCUT2D eigenvalue weighted by molar-refractivity contribution is -0.140. The largest absolute Gasteiger partial charge is 0.481 e. The van der Waals surface area contributed by atoms with Crippen molar-refractivity contribution in [3.63, 3.8) is 0 Å². The lowest BCUT2D eigenvalue weighted by Crippen LogP contribution is -2.45. The first kappa shape index (κ1) is 21.6. The number of carbonyl (C=O) groups is 2. The zero-order valence-electron chi connectivity index (χ0n) is 17.9. The molecule has 0 unspecified atom stereocenters. The standard InChI is InChI=1S/C26H26N2O4/c1-27-15-8-16-28-24(23(26(30)31)21-13-5-6-14-22(21)25(28)29)18-9-7-12-20(17-18)32-19-10-3-2-4-11-19/h2-7,9-14,17,23-24,27H,8,15-16H2,1H3,(H,30,31)/t23-,24+/m0/s1. The Bertz CT molecular complexity index is 1100. The molecule has 1 aliphatic heterocycles. The molecule has 3 aromatic rings. The number of amides is 1. The Morgan fingerprint density at radius 1 is 1.00 bits per heavy atom. The number of ether oxygens (including phenoxy) is 1. The van der Waals surface area contributed by atoms with Gasteiger partial charge in [0.15, 0.2) is 0 Å². The molecule has 0 saturated heterocycles. The number of nitrogens with zero attached hydrogens (tertiary/aromatic N) is 1. The highest BCUT2D eigenvalue weighted by molar-refractivity contribution is 6.00. The predicted octanol–water partition coefficient (Wildman–Crippen LogP) is 4.45. The van der Waals surface area contributed by atoms with E-state index in [0.29, 0.717) is 35.6 Å². The third-order valence-electron chi connectivity index (χ3n) is 5.71. The fraction of sp³-hybridized carbons (Fsp3) is 0.231. The fourth-order valence-electron chi connectivity index (χ4n) is 4.29. The zero-order chi connectivity index (χ0) is 22.5. The van der Waals surface area contributed by atoms with Gasteiger partial charge in [-0.05, 0) is 61.5 Å². The first-order chi connectivity index (χ1) is 15.6. The monoisotopic (exact) mass is 430 g/mol. The van der Waals surface area contributed by atoms with Gasteiger partial charge in [0.05, 0.1) is 6.04 Å². The molecule has 32 heavy (non-hydrogen) atoms. The Hall–Kier alpha value is -3.64. The lowest BCUT2D eigenvalue weighted by atomic mass is 9.79. The van der Waals surface area contributed by atoms with Crippen LogP contribution in [0, 0.1) is 0 Å². The number of hydrogen-bond donors (Lipinski definition) is 2. The van der Waals surface area contributed by atoms with Gasteiger partial charge in [0, 0.05) is 12.1 Å². The van der Waals surface area contributed by atoms with Crippen LogP contribution < -0.4 is 10.1 Å². The molecule has 2 atom stereocenters. The third kappa shape index (κ3) is 4.36. The summed E-state index contributed by atoms with van der Waals surface area (Å²) in [6, 6.07) is 23.2. The summed E-state index contributed by atoms with van der Waals surface area (Å²) in [7, 11) is 1.86. The molecular formula is C26H26N2O4. The summed E-state index contributed by atoms with van der Waals surface area (Å²) >= 11 is 0. The quantitative estimate of drug-likeness (QED) is 0.516. The van der Waals surface area contributed by atoms with Gasteiger partial charge in [-0.15, -0.1) is 0 Å². The Morgan fingerprint density at radius 2 is 1.72 bits per heavy atom. The molecule has 4 rings (SSSR count). The van der Waals surface area contributed by atoms with Crippen LogP contribution in [0.15, 0.2) is 78.9 Å². The first-order valence-electron chi connectivity index (χ1n) is 10.7. The molecule has 0 bridgehead atoms. The van der Waals surface area contributed by atoms with Gasteiger partial charge < -0.3 is 20.1 Å². The Kier molecular flexibility index (Phi) is 6.52. The van der Waals surface area contributed by atoms with Gasteiger partial charge in [0.1, 0.15) is 17.4 Å². The van der Waals surface area contributed by atoms with Gasteiger partial charge in [-0.25, -0.2) is 0 Å². The van der Waals surface area contributed by atoms with Crippen LogP contribution in [0.25, 0.3) is 0 Å². The Labute approximate surface area is 187 Å². The van der Waals surface area contributed by atoms with Crippen LogP contribution in [0.2, 0.25) is 0 Å². The van der Waals surface area contributed by atoms with Crippen LogP contribution in [0.1, 0.15) is 39.9 Å². The van der Waals surface area contributed by atoms with E-state index in [1.807, 2.05) is 61.6 Å². The number of carbonyl (C=O) groups excluding carboxylic acids is 1. The number of para-hydroxylation sites is 1. The second-order valence-corrected chi connectivity index (χ2v) is 7.79. The molecule has 6 nitrogen and oxygen atoms in total. The molecule has 0 spiro atoms. The maximum absolute atomic E-state index is 13.4. The van der Waals surface area contributed by atoms with Gasteiger partial charge in [-0.1, -0.05) is 48.5 Å². The normalized spacial score (nSPS) is 17.7. The summed E-state index contributed by atoms with van der Waals surface area (Å²) in [5, 5.41) is 13.3. The number of benzene rings is 3. The number of carboxylic acids is 1. The van der Waals surface area contributed by atoms with Crippen molar-refractivity contribution < 1.29 is 19.4 Å². The first-order valence-corrected chi connectivity index (χ1v) is 10.7. The summed E-state index contributed by atoms with van der Waals surface area (Å²) in [5.74, 6) is -0.684. The van der Waals surface area contributed by atoms with Crippen LogP contribution in [0.5, 0.6) is 11.5 Å². The van der Waals surface area contributed by atoms with Crippen molar-refractivity contribution in [1.29, 1.82) is 0 Å². The van der Waals surface area contributed by atoms with E-state index in [2.05, 4.69) is 5.32 Å². The lowest BCUT2D eigenvalue weighted by Gasteiger charge is -2.41. The molecule has 0 saturated carbocycles. The molecule has 164 valence electrons. The number of nitrogens with one attached hydrogen (secondary N) is 1. The summed E-state index contributed by atoms with van der Waals surface area (Å²) in [4.78, 5) is 27.6. The summed E-state index contributed by atoms with van der Waals surface area (Å²) in [6.07, 6.45) is 0.716. The number of rotatable bonds is 8. The van der Waals surface area contributed by atoms with E-state index in [1.165, 1.54) is 0 Å². The zero-order valence-corrected chi connectivity index (χ0v) is 17.9. The average Bonchev–Trinajstić information content (AvgIpc) is 2.81. The van der Waals surface area contributed by atoms with Crippen molar-refractivity contribution in [1.82, 2.24) is 10.2 Å². The SMILES string of the molecule is CNCCCN1C(=O)c2ccccc2[C@H](C(=O)O)[C@H]1c1cccc(Oc2ccccc2)c1. The molecule has 2 N–H and O–H groups in total.